The molecule has 2 aromatic rings. The summed E-state index contributed by atoms with van der Waals surface area (Å²) in [5.74, 6) is 3.23. The molecule has 0 spiro atoms. The molecule has 1 unspecified atom stereocenters. The van der Waals surface area contributed by atoms with E-state index in [9.17, 15) is 4.79 Å². The fourth-order valence-corrected chi connectivity index (χ4v) is 4.29. The summed E-state index contributed by atoms with van der Waals surface area (Å²) in [5.41, 5.74) is 3.36. The maximum atomic E-state index is 11.5. The van der Waals surface area contributed by atoms with Gasteiger partial charge in [-0.1, -0.05) is 12.1 Å². The Morgan fingerprint density at radius 1 is 1.18 bits per heavy atom. The second-order valence-electron chi connectivity index (χ2n) is 8.16. The van der Waals surface area contributed by atoms with E-state index in [1.165, 1.54) is 5.56 Å². The van der Waals surface area contributed by atoms with Crippen LogP contribution >= 0.6 is 24.0 Å². The summed E-state index contributed by atoms with van der Waals surface area (Å²) in [6.45, 7) is 5.96. The minimum atomic E-state index is 0. The van der Waals surface area contributed by atoms with Crippen molar-refractivity contribution in [3.8, 4) is 11.5 Å². The van der Waals surface area contributed by atoms with Crippen LogP contribution in [0.15, 0.2) is 47.5 Å². The van der Waals surface area contributed by atoms with E-state index in [4.69, 9.17) is 14.5 Å². The zero-order chi connectivity index (χ0) is 22.3. The van der Waals surface area contributed by atoms with Crippen LogP contribution < -0.4 is 20.1 Å². The number of fused-ring (bicyclic) bond motifs is 1. The first kappa shape index (κ1) is 25.1. The Bertz CT molecular complexity index is 965. The molecule has 2 heterocycles. The number of ether oxygens (including phenoxy) is 2. The minimum Gasteiger partial charge on any atom is -0.497 e. The van der Waals surface area contributed by atoms with E-state index in [2.05, 4.69) is 34.6 Å². The molecular formula is C25H33IN4O3. The molecule has 33 heavy (non-hydrogen) atoms. The van der Waals surface area contributed by atoms with Crippen LogP contribution in [0.2, 0.25) is 0 Å². The molecule has 1 atom stereocenters. The lowest BCUT2D eigenvalue weighted by molar-refractivity contribution is -0.116. The van der Waals surface area contributed by atoms with E-state index < -0.39 is 0 Å². The van der Waals surface area contributed by atoms with Crippen LogP contribution in [0.25, 0.3) is 0 Å². The predicted octanol–water partition coefficient (Wildman–Crippen LogP) is 4.03. The second kappa shape index (κ2) is 12.1. The molecule has 4 rings (SSSR count). The predicted molar refractivity (Wildman–Crippen MR) is 142 cm³/mol. The lowest BCUT2D eigenvalue weighted by Crippen LogP contribution is -2.40. The van der Waals surface area contributed by atoms with E-state index in [1.807, 2.05) is 30.3 Å². The molecule has 2 aromatic carbocycles. The minimum absolute atomic E-state index is 0. The first-order valence-corrected chi connectivity index (χ1v) is 11.4. The zero-order valence-corrected chi connectivity index (χ0v) is 21.6. The number of aryl methyl sites for hydroxylation is 1. The van der Waals surface area contributed by atoms with Gasteiger partial charge in [0, 0.05) is 37.7 Å². The Kier molecular flexibility index (Phi) is 9.22. The molecule has 0 aromatic heterocycles. The zero-order valence-electron chi connectivity index (χ0n) is 19.3. The molecule has 1 amide bonds. The van der Waals surface area contributed by atoms with Gasteiger partial charge in [-0.3, -0.25) is 4.79 Å². The Hall–Kier alpha value is -2.49. The smallest absolute Gasteiger partial charge is 0.224 e. The largest absolute Gasteiger partial charge is 0.497 e. The molecular weight excluding hydrogens is 531 g/mol. The van der Waals surface area contributed by atoms with Crippen LogP contribution in [0.4, 0.5) is 5.69 Å². The highest BCUT2D eigenvalue weighted by molar-refractivity contribution is 14.0. The van der Waals surface area contributed by atoms with E-state index in [1.54, 1.807) is 7.11 Å². The number of nitrogens with zero attached hydrogens (tertiary/aromatic N) is 2. The summed E-state index contributed by atoms with van der Waals surface area (Å²) in [4.78, 5) is 18.6. The summed E-state index contributed by atoms with van der Waals surface area (Å²) in [5, 5.41) is 6.32. The number of carbonyl (C=O) groups is 1. The number of nitrogens with one attached hydrogen (secondary N) is 2. The van der Waals surface area contributed by atoms with Crippen LogP contribution in [0, 0.1) is 0 Å². The monoisotopic (exact) mass is 564 g/mol. The van der Waals surface area contributed by atoms with Crippen LogP contribution in [-0.4, -0.2) is 56.7 Å². The average molecular weight is 564 g/mol. The third-order valence-electron chi connectivity index (χ3n) is 6.00. The molecule has 0 bridgehead atoms. The molecule has 2 aliphatic heterocycles. The number of methoxy groups -OCH3 is 1. The third kappa shape index (κ3) is 6.52. The van der Waals surface area contributed by atoms with Gasteiger partial charge in [-0.15, -0.1) is 24.0 Å². The van der Waals surface area contributed by atoms with E-state index in [0.29, 0.717) is 25.5 Å². The molecule has 1 fully saturated rings. The summed E-state index contributed by atoms with van der Waals surface area (Å²) in [6.07, 6.45) is 2.39. The second-order valence-corrected chi connectivity index (χ2v) is 8.16. The maximum absolute atomic E-state index is 11.5. The van der Waals surface area contributed by atoms with Crippen molar-refractivity contribution in [3.05, 3.63) is 53.6 Å². The van der Waals surface area contributed by atoms with Gasteiger partial charge in [0.1, 0.15) is 18.1 Å². The summed E-state index contributed by atoms with van der Waals surface area (Å²) in [6, 6.07) is 14.2. The van der Waals surface area contributed by atoms with Gasteiger partial charge >= 0.3 is 0 Å². The molecule has 2 aliphatic rings. The number of anilines is 1. The fraction of sp³-hybridized carbons (Fsp3) is 0.440. The van der Waals surface area contributed by atoms with Crippen LogP contribution in [0.5, 0.6) is 11.5 Å². The van der Waals surface area contributed by atoms with Gasteiger partial charge < -0.3 is 25.0 Å². The molecule has 0 saturated carbocycles. The first-order valence-electron chi connectivity index (χ1n) is 11.4. The van der Waals surface area contributed by atoms with Crippen molar-refractivity contribution < 1.29 is 14.3 Å². The standard InChI is InChI=1S/C25H32N4O3.HI/c1-3-26-25(29-14-12-20(17-29)18-4-7-21(31-2)8-5-18)27-13-15-32-22-9-10-23-19(16-22)6-11-24(30)28-23;/h4-5,7-10,16,20H,3,6,11-15,17H2,1-2H3,(H,26,27)(H,28,30);1H. The average Bonchev–Trinajstić information content (AvgIpc) is 3.31. The number of hydrogen-bond donors (Lipinski definition) is 2. The summed E-state index contributed by atoms with van der Waals surface area (Å²) < 4.78 is 11.2. The number of benzene rings is 2. The van der Waals surface area contributed by atoms with Crippen molar-refractivity contribution in [2.45, 2.75) is 32.1 Å². The van der Waals surface area contributed by atoms with Crippen molar-refractivity contribution in [2.75, 3.05) is 45.2 Å². The molecule has 7 nitrogen and oxygen atoms in total. The number of guanidine groups is 1. The topological polar surface area (TPSA) is 75.2 Å². The quantitative estimate of drug-likeness (QED) is 0.230. The molecule has 0 radical (unpaired) electrons. The van der Waals surface area contributed by atoms with E-state index >= 15 is 0 Å². The highest BCUT2D eigenvalue weighted by atomic mass is 127. The van der Waals surface area contributed by atoms with Crippen molar-refractivity contribution in [1.82, 2.24) is 10.2 Å². The molecule has 8 heteroatoms. The molecule has 2 N–H and O–H groups in total. The van der Waals surface area contributed by atoms with Gasteiger partial charge in [-0.2, -0.15) is 0 Å². The van der Waals surface area contributed by atoms with Crippen LogP contribution in [0.3, 0.4) is 0 Å². The Balaban J connectivity index is 0.00000306. The normalized spacial score (nSPS) is 17.6. The van der Waals surface area contributed by atoms with Gasteiger partial charge in [0.2, 0.25) is 5.91 Å². The van der Waals surface area contributed by atoms with Crippen LogP contribution in [0.1, 0.15) is 36.8 Å². The Morgan fingerprint density at radius 3 is 2.73 bits per heavy atom. The van der Waals surface area contributed by atoms with Gasteiger partial charge in [-0.05, 0) is 61.2 Å². The van der Waals surface area contributed by atoms with E-state index in [0.717, 1.165) is 61.2 Å². The molecule has 1 saturated heterocycles. The maximum Gasteiger partial charge on any atom is 0.224 e. The number of hydrogen-bond acceptors (Lipinski definition) is 4. The fourth-order valence-electron chi connectivity index (χ4n) is 4.29. The lowest BCUT2D eigenvalue weighted by atomic mass is 9.98. The summed E-state index contributed by atoms with van der Waals surface area (Å²) >= 11 is 0. The number of amides is 1. The number of halogens is 1. The van der Waals surface area contributed by atoms with Crippen molar-refractivity contribution in [1.29, 1.82) is 0 Å². The first-order chi connectivity index (χ1) is 15.7. The van der Waals surface area contributed by atoms with Crippen LogP contribution in [-0.2, 0) is 11.2 Å². The number of likely N-dealkylation sites (tertiary alicyclic amines) is 1. The lowest BCUT2D eigenvalue weighted by Gasteiger charge is -2.22. The Labute approximate surface area is 213 Å². The van der Waals surface area contributed by atoms with Gasteiger partial charge in [0.25, 0.3) is 0 Å². The molecule has 178 valence electrons. The SMILES string of the molecule is CCNC(=NCCOc1ccc2c(c1)CCC(=O)N2)N1CCC(c2ccc(OC)cc2)C1.I. The van der Waals surface area contributed by atoms with Crippen molar-refractivity contribution >= 4 is 41.5 Å². The molecule has 0 aliphatic carbocycles. The number of carbonyl (C=O) groups excluding carboxylic acids is 1. The number of aliphatic imine (C=N–C) groups is 1. The summed E-state index contributed by atoms with van der Waals surface area (Å²) in [7, 11) is 1.69. The van der Waals surface area contributed by atoms with Crippen molar-refractivity contribution in [3.63, 3.8) is 0 Å². The Morgan fingerprint density at radius 2 is 1.97 bits per heavy atom. The van der Waals surface area contributed by atoms with E-state index in [-0.39, 0.29) is 29.9 Å². The van der Waals surface area contributed by atoms with Gasteiger partial charge in [-0.25, -0.2) is 4.99 Å². The highest BCUT2D eigenvalue weighted by Gasteiger charge is 2.26. The third-order valence-corrected chi connectivity index (χ3v) is 6.00. The highest BCUT2D eigenvalue weighted by Crippen LogP contribution is 2.29. The van der Waals surface area contributed by atoms with Gasteiger partial charge in [0.15, 0.2) is 5.96 Å². The van der Waals surface area contributed by atoms with Crippen molar-refractivity contribution in [2.24, 2.45) is 4.99 Å². The van der Waals surface area contributed by atoms with Gasteiger partial charge in [0.05, 0.1) is 13.7 Å². The number of rotatable bonds is 7.